The standard InChI is InChI=1S/C16H20N4O/c1-11-7-15(17-2)20-16(19-11)18-9-12-8-13-5-3-4-6-14(13)21-10-12/h3-7,12H,8-10H2,1-2H3,(H2,17,18,19,20)/t12-/m1/s1. The van der Waals surface area contributed by atoms with Gasteiger partial charge in [0.2, 0.25) is 5.95 Å². The van der Waals surface area contributed by atoms with Gasteiger partial charge in [-0.15, -0.1) is 0 Å². The highest BCUT2D eigenvalue weighted by molar-refractivity contribution is 5.41. The lowest BCUT2D eigenvalue weighted by Crippen LogP contribution is -2.27. The first-order chi connectivity index (χ1) is 10.2. The van der Waals surface area contributed by atoms with Gasteiger partial charge in [0, 0.05) is 31.3 Å². The number of hydrogen-bond acceptors (Lipinski definition) is 5. The zero-order valence-electron chi connectivity index (χ0n) is 12.4. The summed E-state index contributed by atoms with van der Waals surface area (Å²) in [4.78, 5) is 8.81. The van der Waals surface area contributed by atoms with Gasteiger partial charge in [0.1, 0.15) is 11.6 Å². The van der Waals surface area contributed by atoms with Gasteiger partial charge in [-0.25, -0.2) is 4.98 Å². The minimum Gasteiger partial charge on any atom is -0.493 e. The second kappa shape index (κ2) is 5.99. The van der Waals surface area contributed by atoms with E-state index in [-0.39, 0.29) is 0 Å². The number of hydrogen-bond donors (Lipinski definition) is 2. The van der Waals surface area contributed by atoms with Crippen molar-refractivity contribution < 1.29 is 4.74 Å². The summed E-state index contributed by atoms with van der Waals surface area (Å²) >= 11 is 0. The number of aromatic nitrogens is 2. The van der Waals surface area contributed by atoms with Crippen LogP contribution in [0.4, 0.5) is 11.8 Å². The van der Waals surface area contributed by atoms with Gasteiger partial charge in [-0.2, -0.15) is 4.98 Å². The number of ether oxygens (including phenoxy) is 1. The van der Waals surface area contributed by atoms with Crippen LogP contribution in [0, 0.1) is 12.8 Å². The Balaban J connectivity index is 1.63. The maximum Gasteiger partial charge on any atom is 0.224 e. The Hall–Kier alpha value is -2.30. The molecule has 5 nitrogen and oxygen atoms in total. The molecule has 2 aromatic rings. The van der Waals surface area contributed by atoms with E-state index >= 15 is 0 Å². The van der Waals surface area contributed by atoms with Crippen LogP contribution in [-0.4, -0.2) is 30.2 Å². The molecular formula is C16H20N4O. The van der Waals surface area contributed by atoms with Crippen molar-refractivity contribution in [3.63, 3.8) is 0 Å². The summed E-state index contributed by atoms with van der Waals surface area (Å²) in [7, 11) is 1.86. The third kappa shape index (κ3) is 3.24. The summed E-state index contributed by atoms with van der Waals surface area (Å²) in [6.45, 7) is 3.50. The minimum atomic E-state index is 0.432. The van der Waals surface area contributed by atoms with Crippen molar-refractivity contribution in [3.8, 4) is 5.75 Å². The molecule has 0 saturated heterocycles. The first-order valence-electron chi connectivity index (χ1n) is 7.22. The maximum absolute atomic E-state index is 5.80. The summed E-state index contributed by atoms with van der Waals surface area (Å²) in [6.07, 6.45) is 1.02. The molecule has 1 aliphatic rings. The fraction of sp³-hybridized carbons (Fsp3) is 0.375. The molecule has 1 atom stereocenters. The van der Waals surface area contributed by atoms with Crippen LogP contribution in [0.5, 0.6) is 5.75 Å². The molecular weight excluding hydrogens is 264 g/mol. The van der Waals surface area contributed by atoms with Crippen LogP contribution >= 0.6 is 0 Å². The number of anilines is 2. The van der Waals surface area contributed by atoms with Gasteiger partial charge >= 0.3 is 0 Å². The van der Waals surface area contributed by atoms with Crippen LogP contribution in [0.3, 0.4) is 0 Å². The maximum atomic E-state index is 5.80. The van der Waals surface area contributed by atoms with Crippen molar-refractivity contribution in [2.45, 2.75) is 13.3 Å². The van der Waals surface area contributed by atoms with Gasteiger partial charge in [0.15, 0.2) is 0 Å². The largest absolute Gasteiger partial charge is 0.493 e. The summed E-state index contributed by atoms with van der Waals surface area (Å²) in [5.41, 5.74) is 2.22. The van der Waals surface area contributed by atoms with Gasteiger partial charge in [0.25, 0.3) is 0 Å². The Morgan fingerprint density at radius 1 is 1.29 bits per heavy atom. The molecule has 0 fully saturated rings. The smallest absolute Gasteiger partial charge is 0.224 e. The number of nitrogens with zero attached hydrogens (tertiary/aromatic N) is 2. The summed E-state index contributed by atoms with van der Waals surface area (Å²) < 4.78 is 5.80. The molecule has 5 heteroatoms. The van der Waals surface area contributed by atoms with Crippen LogP contribution in [-0.2, 0) is 6.42 Å². The summed E-state index contributed by atoms with van der Waals surface area (Å²) in [6, 6.07) is 10.1. The molecule has 1 aromatic carbocycles. The van der Waals surface area contributed by atoms with Crippen molar-refractivity contribution in [2.24, 2.45) is 5.92 Å². The summed E-state index contributed by atoms with van der Waals surface area (Å²) in [5, 5.41) is 6.36. The highest BCUT2D eigenvalue weighted by Gasteiger charge is 2.19. The Labute approximate surface area is 124 Å². The van der Waals surface area contributed by atoms with Gasteiger partial charge < -0.3 is 15.4 Å². The zero-order chi connectivity index (χ0) is 14.7. The van der Waals surface area contributed by atoms with Crippen LogP contribution < -0.4 is 15.4 Å². The molecule has 110 valence electrons. The number of para-hydroxylation sites is 1. The van der Waals surface area contributed by atoms with E-state index in [1.165, 1.54) is 5.56 Å². The molecule has 0 aliphatic carbocycles. The molecule has 3 rings (SSSR count). The number of rotatable bonds is 4. The molecule has 0 amide bonds. The van der Waals surface area contributed by atoms with E-state index in [9.17, 15) is 0 Å². The number of benzene rings is 1. The third-order valence-corrected chi connectivity index (χ3v) is 3.61. The van der Waals surface area contributed by atoms with Gasteiger partial charge in [0.05, 0.1) is 6.61 Å². The first kappa shape index (κ1) is 13.7. The fourth-order valence-corrected chi connectivity index (χ4v) is 2.53. The SMILES string of the molecule is CNc1cc(C)nc(NC[C@@H]2COc3ccccc3C2)n1. The molecule has 0 saturated carbocycles. The predicted octanol–water partition coefficient (Wildman–Crippen LogP) is 2.49. The topological polar surface area (TPSA) is 59.1 Å². The highest BCUT2D eigenvalue weighted by Crippen LogP contribution is 2.26. The molecule has 2 N–H and O–H groups in total. The normalized spacial score (nSPS) is 16.8. The second-order valence-electron chi connectivity index (χ2n) is 5.34. The van der Waals surface area contributed by atoms with Crippen molar-refractivity contribution >= 4 is 11.8 Å². The van der Waals surface area contributed by atoms with E-state index in [2.05, 4.69) is 32.7 Å². The number of aryl methyl sites for hydroxylation is 1. The van der Waals surface area contributed by atoms with E-state index in [0.29, 0.717) is 11.9 Å². The van der Waals surface area contributed by atoms with Crippen molar-refractivity contribution in [1.82, 2.24) is 9.97 Å². The van der Waals surface area contributed by atoms with E-state index < -0.39 is 0 Å². The lowest BCUT2D eigenvalue weighted by molar-refractivity contribution is 0.229. The molecule has 0 bridgehead atoms. The molecule has 1 aromatic heterocycles. The molecule has 21 heavy (non-hydrogen) atoms. The van der Waals surface area contributed by atoms with E-state index in [1.807, 2.05) is 32.2 Å². The quantitative estimate of drug-likeness (QED) is 0.903. The molecule has 2 heterocycles. The third-order valence-electron chi connectivity index (χ3n) is 3.61. The summed E-state index contributed by atoms with van der Waals surface area (Å²) in [5.74, 6) is 2.94. The van der Waals surface area contributed by atoms with Gasteiger partial charge in [-0.3, -0.25) is 0 Å². The molecule has 1 aliphatic heterocycles. The average Bonchev–Trinajstić information content (AvgIpc) is 2.52. The number of nitrogens with one attached hydrogen (secondary N) is 2. The number of fused-ring (bicyclic) bond motifs is 1. The fourth-order valence-electron chi connectivity index (χ4n) is 2.53. The molecule has 0 radical (unpaired) electrons. The van der Waals surface area contributed by atoms with Crippen molar-refractivity contribution in [1.29, 1.82) is 0 Å². The molecule has 0 unspecified atom stereocenters. The van der Waals surface area contributed by atoms with E-state index in [1.54, 1.807) is 0 Å². The van der Waals surface area contributed by atoms with Crippen LogP contribution in [0.25, 0.3) is 0 Å². The van der Waals surface area contributed by atoms with Gasteiger partial charge in [-0.05, 0) is 25.0 Å². The van der Waals surface area contributed by atoms with Gasteiger partial charge in [-0.1, -0.05) is 18.2 Å². The van der Waals surface area contributed by atoms with Crippen molar-refractivity contribution in [3.05, 3.63) is 41.6 Å². The van der Waals surface area contributed by atoms with Crippen LogP contribution in [0.1, 0.15) is 11.3 Å². The Kier molecular flexibility index (Phi) is 3.90. The highest BCUT2D eigenvalue weighted by atomic mass is 16.5. The van der Waals surface area contributed by atoms with Crippen LogP contribution in [0.15, 0.2) is 30.3 Å². The zero-order valence-corrected chi connectivity index (χ0v) is 12.4. The second-order valence-corrected chi connectivity index (χ2v) is 5.34. The first-order valence-corrected chi connectivity index (χ1v) is 7.22. The Morgan fingerprint density at radius 3 is 3.00 bits per heavy atom. The molecule has 0 spiro atoms. The monoisotopic (exact) mass is 284 g/mol. The lowest BCUT2D eigenvalue weighted by Gasteiger charge is -2.25. The lowest BCUT2D eigenvalue weighted by atomic mass is 9.97. The van der Waals surface area contributed by atoms with E-state index in [0.717, 1.165) is 36.8 Å². The van der Waals surface area contributed by atoms with Crippen LogP contribution in [0.2, 0.25) is 0 Å². The Bertz CT molecular complexity index is 629. The van der Waals surface area contributed by atoms with Crippen molar-refractivity contribution in [2.75, 3.05) is 30.8 Å². The predicted molar refractivity (Wildman–Crippen MR) is 83.9 cm³/mol. The Morgan fingerprint density at radius 2 is 2.14 bits per heavy atom. The minimum absolute atomic E-state index is 0.432. The van der Waals surface area contributed by atoms with E-state index in [4.69, 9.17) is 4.74 Å². The average molecular weight is 284 g/mol.